The van der Waals surface area contributed by atoms with Crippen molar-refractivity contribution in [3.63, 3.8) is 0 Å². The molecule has 1 aliphatic carbocycles. The first-order valence-corrected chi connectivity index (χ1v) is 6.32. The van der Waals surface area contributed by atoms with Crippen LogP contribution in [0.3, 0.4) is 0 Å². The third kappa shape index (κ3) is 2.41. The molecule has 0 aromatic heterocycles. The lowest BCUT2D eigenvalue weighted by Gasteiger charge is -2.21. The van der Waals surface area contributed by atoms with E-state index in [-0.39, 0.29) is 0 Å². The van der Waals surface area contributed by atoms with Crippen LogP contribution in [0.25, 0.3) is 0 Å². The maximum absolute atomic E-state index is 10.1. The van der Waals surface area contributed by atoms with Crippen molar-refractivity contribution >= 4 is 11.6 Å². The van der Waals surface area contributed by atoms with Crippen LogP contribution < -0.4 is 15.2 Å². The van der Waals surface area contributed by atoms with E-state index in [0.29, 0.717) is 28.0 Å². The fourth-order valence-electron chi connectivity index (χ4n) is 2.08. The topological polar surface area (TPSA) is 64.7 Å². The second-order valence-corrected chi connectivity index (χ2v) is 4.94. The third-order valence-corrected chi connectivity index (χ3v) is 3.74. The lowest BCUT2D eigenvalue weighted by Crippen LogP contribution is -2.28. The van der Waals surface area contributed by atoms with Crippen molar-refractivity contribution in [2.24, 2.45) is 11.7 Å². The predicted molar refractivity (Wildman–Crippen MR) is 70.2 cm³/mol. The Hall–Kier alpha value is -0.970. The number of halogens is 1. The highest BCUT2D eigenvalue weighted by Crippen LogP contribution is 2.43. The molecule has 3 N–H and O–H groups in total. The second kappa shape index (κ2) is 5.34. The Morgan fingerprint density at radius 1 is 1.33 bits per heavy atom. The number of aliphatic hydroxyl groups is 1. The molecule has 18 heavy (non-hydrogen) atoms. The third-order valence-electron chi connectivity index (χ3n) is 3.35. The molecule has 0 amide bonds. The zero-order chi connectivity index (χ0) is 13.3. The maximum atomic E-state index is 10.1. The Morgan fingerprint density at radius 2 is 2.00 bits per heavy atom. The minimum absolute atomic E-state index is 0.296. The normalized spacial score (nSPS) is 18.3. The molecular formula is C13H18ClNO3. The lowest BCUT2D eigenvalue weighted by molar-refractivity contribution is 0.122. The molecule has 5 heteroatoms. The first kappa shape index (κ1) is 13.5. The van der Waals surface area contributed by atoms with Gasteiger partial charge in [-0.1, -0.05) is 17.7 Å². The lowest BCUT2D eigenvalue weighted by atomic mass is 9.98. The van der Waals surface area contributed by atoms with Crippen LogP contribution in [0.4, 0.5) is 0 Å². The molecule has 0 bridgehead atoms. The van der Waals surface area contributed by atoms with E-state index >= 15 is 0 Å². The van der Waals surface area contributed by atoms with E-state index < -0.39 is 12.1 Å². The van der Waals surface area contributed by atoms with Gasteiger partial charge in [-0.05, 0) is 30.4 Å². The van der Waals surface area contributed by atoms with Crippen LogP contribution in [0.1, 0.15) is 24.4 Å². The molecule has 0 aliphatic heterocycles. The van der Waals surface area contributed by atoms with Gasteiger partial charge >= 0.3 is 0 Å². The molecule has 1 fully saturated rings. The van der Waals surface area contributed by atoms with Crippen molar-refractivity contribution in [2.75, 3.05) is 14.2 Å². The molecule has 2 rings (SSSR count). The number of ether oxygens (including phenoxy) is 2. The van der Waals surface area contributed by atoms with E-state index in [1.165, 1.54) is 7.11 Å². The number of hydrogen-bond donors (Lipinski definition) is 2. The van der Waals surface area contributed by atoms with Gasteiger partial charge in [-0.3, -0.25) is 0 Å². The molecule has 1 saturated carbocycles. The molecule has 1 aromatic rings. The maximum Gasteiger partial charge on any atom is 0.179 e. The second-order valence-electron chi connectivity index (χ2n) is 4.56. The van der Waals surface area contributed by atoms with Gasteiger partial charge in [0, 0.05) is 0 Å². The van der Waals surface area contributed by atoms with Crippen LogP contribution in [0.15, 0.2) is 12.1 Å². The Bertz CT molecular complexity index is 434. The van der Waals surface area contributed by atoms with Crippen molar-refractivity contribution < 1.29 is 14.6 Å². The summed E-state index contributed by atoms with van der Waals surface area (Å²) in [6, 6.07) is 3.03. The number of hydrogen-bond acceptors (Lipinski definition) is 4. The average Bonchev–Trinajstić information content (AvgIpc) is 3.20. The molecule has 0 heterocycles. The van der Waals surface area contributed by atoms with Crippen LogP contribution >= 0.6 is 11.6 Å². The Balaban J connectivity index is 2.32. The van der Waals surface area contributed by atoms with Crippen LogP contribution in [0.5, 0.6) is 11.5 Å². The number of aliphatic hydroxyl groups excluding tert-OH is 1. The summed E-state index contributed by atoms with van der Waals surface area (Å²) in [5.74, 6) is 1.30. The van der Waals surface area contributed by atoms with Gasteiger partial charge in [0.1, 0.15) is 0 Å². The molecule has 100 valence electrons. The summed E-state index contributed by atoms with van der Waals surface area (Å²) in [7, 11) is 3.07. The molecule has 0 spiro atoms. The van der Waals surface area contributed by atoms with Gasteiger partial charge < -0.3 is 20.3 Å². The summed E-state index contributed by atoms with van der Waals surface area (Å²) in [5.41, 5.74) is 6.75. The van der Waals surface area contributed by atoms with Gasteiger partial charge in [0.05, 0.1) is 31.4 Å². The number of rotatable bonds is 5. The molecule has 0 saturated heterocycles. The first-order valence-electron chi connectivity index (χ1n) is 5.94. The number of nitrogens with two attached hydrogens (primary N) is 1. The molecule has 0 radical (unpaired) electrons. The van der Waals surface area contributed by atoms with Crippen molar-refractivity contribution in [1.82, 2.24) is 0 Å². The van der Waals surface area contributed by atoms with E-state index in [2.05, 4.69) is 0 Å². The molecule has 4 nitrogen and oxygen atoms in total. The Kier molecular flexibility index (Phi) is 4.00. The van der Waals surface area contributed by atoms with E-state index in [4.69, 9.17) is 26.8 Å². The Labute approximate surface area is 112 Å². The van der Waals surface area contributed by atoms with E-state index in [1.807, 2.05) is 0 Å². The highest BCUT2D eigenvalue weighted by atomic mass is 35.5. The fourth-order valence-corrected chi connectivity index (χ4v) is 2.44. The van der Waals surface area contributed by atoms with Crippen molar-refractivity contribution in [1.29, 1.82) is 0 Å². The van der Waals surface area contributed by atoms with Crippen molar-refractivity contribution in [2.45, 2.75) is 25.0 Å². The fraction of sp³-hybridized carbons (Fsp3) is 0.538. The summed E-state index contributed by atoms with van der Waals surface area (Å²) >= 11 is 6.26. The summed E-state index contributed by atoms with van der Waals surface area (Å²) in [6.45, 7) is 0. The van der Waals surface area contributed by atoms with Gasteiger partial charge in [0.15, 0.2) is 11.5 Å². The van der Waals surface area contributed by atoms with Crippen molar-refractivity contribution in [3.05, 3.63) is 22.7 Å². The number of benzene rings is 1. The zero-order valence-electron chi connectivity index (χ0n) is 10.5. The summed E-state index contributed by atoms with van der Waals surface area (Å²) in [4.78, 5) is 0. The largest absolute Gasteiger partial charge is 0.493 e. The van der Waals surface area contributed by atoms with Gasteiger partial charge in [0.2, 0.25) is 0 Å². The first-order chi connectivity index (χ1) is 8.60. The zero-order valence-corrected chi connectivity index (χ0v) is 11.3. The average molecular weight is 272 g/mol. The quantitative estimate of drug-likeness (QED) is 0.861. The molecule has 1 aliphatic rings. The smallest absolute Gasteiger partial charge is 0.179 e. The minimum Gasteiger partial charge on any atom is -0.493 e. The highest BCUT2D eigenvalue weighted by molar-refractivity contribution is 6.33. The van der Waals surface area contributed by atoms with Gasteiger partial charge in [0.25, 0.3) is 0 Å². The summed E-state index contributed by atoms with van der Waals surface area (Å²) in [5, 5.41) is 10.5. The standard InChI is InChI=1S/C13H18ClNO3/c1-17-9-6-5-8(10(14)13(9)18-2)11(15)12(16)7-3-4-7/h5-7,11-12,16H,3-4,15H2,1-2H3/t11-,12+/m0/s1. The number of methoxy groups -OCH3 is 2. The monoisotopic (exact) mass is 271 g/mol. The Morgan fingerprint density at radius 3 is 2.50 bits per heavy atom. The SMILES string of the molecule is COc1ccc([C@H](N)[C@H](O)C2CC2)c(Cl)c1OC. The summed E-state index contributed by atoms with van der Waals surface area (Å²) in [6.07, 6.45) is 1.50. The van der Waals surface area contributed by atoms with Crippen LogP contribution in [-0.4, -0.2) is 25.4 Å². The predicted octanol–water partition coefficient (Wildman–Crippen LogP) is 2.13. The van der Waals surface area contributed by atoms with Gasteiger partial charge in [-0.15, -0.1) is 0 Å². The van der Waals surface area contributed by atoms with Crippen LogP contribution in [-0.2, 0) is 0 Å². The molecular weight excluding hydrogens is 254 g/mol. The summed E-state index contributed by atoms with van der Waals surface area (Å²) < 4.78 is 10.4. The molecule has 1 aromatic carbocycles. The van der Waals surface area contributed by atoms with Crippen molar-refractivity contribution in [3.8, 4) is 11.5 Å². The molecule has 2 atom stereocenters. The highest BCUT2D eigenvalue weighted by Gasteiger charge is 2.35. The van der Waals surface area contributed by atoms with Crippen LogP contribution in [0, 0.1) is 5.92 Å². The van der Waals surface area contributed by atoms with Gasteiger partial charge in [-0.2, -0.15) is 0 Å². The van der Waals surface area contributed by atoms with Crippen LogP contribution in [0.2, 0.25) is 5.02 Å². The molecule has 0 unspecified atom stereocenters. The van der Waals surface area contributed by atoms with E-state index in [1.54, 1.807) is 19.2 Å². The van der Waals surface area contributed by atoms with E-state index in [0.717, 1.165) is 12.8 Å². The van der Waals surface area contributed by atoms with Gasteiger partial charge in [-0.25, -0.2) is 0 Å². The van der Waals surface area contributed by atoms with E-state index in [9.17, 15) is 5.11 Å². The minimum atomic E-state index is -0.555.